The Morgan fingerprint density at radius 1 is 0.875 bits per heavy atom. The summed E-state index contributed by atoms with van der Waals surface area (Å²) in [6.45, 7) is 0.746. The second kappa shape index (κ2) is 15.6. The van der Waals surface area contributed by atoms with Crippen LogP contribution in [0.15, 0.2) is 48.8 Å². The van der Waals surface area contributed by atoms with Crippen molar-refractivity contribution in [1.82, 2.24) is 30.6 Å². The van der Waals surface area contributed by atoms with E-state index in [4.69, 9.17) is 42.6 Å². The van der Waals surface area contributed by atoms with Crippen molar-refractivity contribution in [2.45, 2.75) is 70.0 Å². The number of rotatable bonds is 13. The van der Waals surface area contributed by atoms with Crippen molar-refractivity contribution >= 4 is 29.1 Å². The summed E-state index contributed by atoms with van der Waals surface area (Å²) in [5.74, 6) is 1.36. The molecular weight excluding hydrogens is 651 g/mol. The van der Waals surface area contributed by atoms with Crippen LogP contribution in [0.25, 0.3) is 33.6 Å². The van der Waals surface area contributed by atoms with E-state index in [0.29, 0.717) is 81.4 Å². The Morgan fingerprint density at radius 2 is 1.48 bits per heavy atom. The van der Waals surface area contributed by atoms with Crippen molar-refractivity contribution in [2.75, 3.05) is 20.8 Å². The molecule has 2 fully saturated rings. The second-order valence-electron chi connectivity index (χ2n) is 12.4. The van der Waals surface area contributed by atoms with Crippen molar-refractivity contribution in [2.24, 2.45) is 5.92 Å². The lowest BCUT2D eigenvalue weighted by Crippen LogP contribution is -2.27. The first-order valence-electron chi connectivity index (χ1n) is 16.4. The number of nitrogens with zero attached hydrogens (tertiary/aromatic N) is 4. The summed E-state index contributed by atoms with van der Waals surface area (Å²) in [4.78, 5) is 30.4. The maximum absolute atomic E-state index is 11.5. The number of aliphatic hydroxyl groups is 1. The molecule has 1 aliphatic carbocycles. The van der Waals surface area contributed by atoms with Crippen LogP contribution in [0.4, 0.5) is 0 Å². The van der Waals surface area contributed by atoms with Gasteiger partial charge in [-0.1, -0.05) is 59.6 Å². The minimum Gasteiger partial charge on any atom is -0.480 e. The highest BCUT2D eigenvalue weighted by molar-refractivity contribution is 6.39. The van der Waals surface area contributed by atoms with Crippen LogP contribution in [0.2, 0.25) is 10.0 Å². The topological polar surface area (TPSA) is 131 Å². The maximum Gasteiger partial charge on any atom is 0.237 e. The van der Waals surface area contributed by atoms with Gasteiger partial charge in [0.05, 0.1) is 48.0 Å². The lowest BCUT2D eigenvalue weighted by molar-refractivity contribution is -0.119. The van der Waals surface area contributed by atoms with Crippen molar-refractivity contribution in [3.8, 4) is 45.4 Å². The van der Waals surface area contributed by atoms with Crippen LogP contribution in [0.1, 0.15) is 56.3 Å². The van der Waals surface area contributed by atoms with E-state index >= 15 is 0 Å². The maximum atomic E-state index is 11.5. The first-order chi connectivity index (χ1) is 23.4. The third-order valence-electron chi connectivity index (χ3n) is 9.26. The molecule has 2 aromatic heterocycles. The number of benzene rings is 2. The van der Waals surface area contributed by atoms with Crippen LogP contribution in [0.3, 0.4) is 0 Å². The normalized spacial score (nSPS) is 19.0. The van der Waals surface area contributed by atoms with Crippen molar-refractivity contribution in [3.63, 3.8) is 0 Å². The Kier molecular flexibility index (Phi) is 11.1. The average Bonchev–Trinajstić information content (AvgIpc) is 3.76. The van der Waals surface area contributed by atoms with Gasteiger partial charge in [0.2, 0.25) is 17.7 Å². The van der Waals surface area contributed by atoms with Crippen molar-refractivity contribution in [3.05, 3.63) is 70.2 Å². The van der Waals surface area contributed by atoms with Crippen LogP contribution < -0.4 is 20.1 Å². The minimum atomic E-state index is 0.123. The number of amides is 1. The smallest absolute Gasteiger partial charge is 0.237 e. The SMILES string of the molecule is COc1nc(-c2cccc(-c3cccc(-c4cnc(CN[C@H]5CC[C@@H](CO)C5)c(OC)n4)c3Cl)c2Cl)cnc1CCC[C@@H]1CCC(=O)N1. The van der Waals surface area contributed by atoms with Gasteiger partial charge >= 0.3 is 0 Å². The molecule has 3 atom stereocenters. The van der Waals surface area contributed by atoms with Gasteiger partial charge in [-0.05, 0) is 50.9 Å². The molecule has 6 rings (SSSR count). The number of aromatic nitrogens is 4. The van der Waals surface area contributed by atoms with Gasteiger partial charge in [0.1, 0.15) is 11.4 Å². The lowest BCUT2D eigenvalue weighted by atomic mass is 9.98. The van der Waals surface area contributed by atoms with E-state index in [1.165, 1.54) is 0 Å². The molecule has 0 spiro atoms. The molecule has 48 heavy (non-hydrogen) atoms. The fourth-order valence-corrected chi connectivity index (χ4v) is 7.28. The van der Waals surface area contributed by atoms with Crippen LogP contribution in [0, 0.1) is 5.92 Å². The molecule has 4 aromatic rings. The quantitative estimate of drug-likeness (QED) is 0.145. The van der Waals surface area contributed by atoms with Crippen LogP contribution in [-0.2, 0) is 17.8 Å². The Labute approximate surface area is 290 Å². The predicted octanol–water partition coefficient (Wildman–Crippen LogP) is 6.44. The van der Waals surface area contributed by atoms with E-state index in [-0.39, 0.29) is 18.6 Å². The van der Waals surface area contributed by atoms with Crippen LogP contribution >= 0.6 is 23.2 Å². The molecule has 252 valence electrons. The fourth-order valence-electron chi connectivity index (χ4n) is 6.63. The van der Waals surface area contributed by atoms with Gasteiger partial charge in [-0.3, -0.25) is 14.8 Å². The molecule has 2 aromatic carbocycles. The first-order valence-corrected chi connectivity index (χ1v) is 17.2. The summed E-state index contributed by atoms with van der Waals surface area (Å²) >= 11 is 14.1. The molecule has 1 aliphatic heterocycles. The Bertz CT molecular complexity index is 1770. The molecule has 10 nitrogen and oxygen atoms in total. The zero-order valence-electron chi connectivity index (χ0n) is 27.1. The Hall–Kier alpha value is -3.83. The lowest BCUT2D eigenvalue weighted by Gasteiger charge is -2.16. The van der Waals surface area contributed by atoms with E-state index in [0.717, 1.165) is 55.3 Å². The number of carbonyl (C=O) groups excluding carboxylic acids is 1. The standard InChI is InChI=1S/C36H40Cl2N6O4/c1-47-35-28(11-3-6-22-14-15-32(46)42-22)40-17-29(43-35)26-9-4-7-24(33(26)37)25-8-5-10-27(34(25)38)30-18-41-31(36(44-30)48-2)19-39-23-13-12-21(16-23)20-45/h4-5,7-10,17-18,21-23,39,45H,3,6,11-16,19-20H2,1-2H3,(H,42,46)/t21-,22-,23+/m1/s1. The van der Waals surface area contributed by atoms with Crippen molar-refractivity contribution in [1.29, 1.82) is 0 Å². The highest BCUT2D eigenvalue weighted by Crippen LogP contribution is 2.42. The summed E-state index contributed by atoms with van der Waals surface area (Å²) in [5, 5.41) is 17.0. The monoisotopic (exact) mass is 690 g/mol. The molecule has 3 heterocycles. The molecular formula is C36H40Cl2N6O4. The molecule has 0 unspecified atom stereocenters. The number of halogens is 2. The molecule has 3 N–H and O–H groups in total. The number of methoxy groups -OCH3 is 2. The number of nitrogens with one attached hydrogen (secondary N) is 2. The zero-order valence-corrected chi connectivity index (χ0v) is 28.7. The highest BCUT2D eigenvalue weighted by Gasteiger charge is 2.25. The largest absolute Gasteiger partial charge is 0.480 e. The van der Waals surface area contributed by atoms with Gasteiger partial charge in [-0.25, -0.2) is 9.97 Å². The first kappa shape index (κ1) is 34.0. The number of hydrogen-bond donors (Lipinski definition) is 3. The van der Waals surface area contributed by atoms with Gasteiger partial charge in [0.15, 0.2) is 0 Å². The predicted molar refractivity (Wildman–Crippen MR) is 186 cm³/mol. The number of hydrogen-bond acceptors (Lipinski definition) is 9. The average molecular weight is 692 g/mol. The zero-order chi connectivity index (χ0) is 33.6. The molecule has 0 bridgehead atoms. The summed E-state index contributed by atoms with van der Waals surface area (Å²) in [6, 6.07) is 12.0. The van der Waals surface area contributed by atoms with Gasteiger partial charge in [0, 0.05) is 53.9 Å². The second-order valence-corrected chi connectivity index (χ2v) is 13.1. The van der Waals surface area contributed by atoms with E-state index in [1.54, 1.807) is 26.6 Å². The number of ether oxygens (including phenoxy) is 2. The number of carbonyl (C=O) groups is 1. The molecule has 0 radical (unpaired) electrons. The van der Waals surface area contributed by atoms with Gasteiger partial charge in [0.25, 0.3) is 0 Å². The van der Waals surface area contributed by atoms with E-state index < -0.39 is 0 Å². The number of aryl methyl sites for hydroxylation is 1. The van der Waals surface area contributed by atoms with E-state index in [9.17, 15) is 9.90 Å². The van der Waals surface area contributed by atoms with E-state index in [1.807, 2.05) is 36.4 Å². The Balaban J connectivity index is 1.21. The van der Waals surface area contributed by atoms with Gasteiger partial charge < -0.3 is 25.2 Å². The molecule has 12 heteroatoms. The van der Waals surface area contributed by atoms with Crippen LogP contribution in [0.5, 0.6) is 11.8 Å². The fraction of sp³-hybridized carbons (Fsp3) is 0.417. The van der Waals surface area contributed by atoms with Gasteiger partial charge in [-0.15, -0.1) is 0 Å². The number of aliphatic hydroxyl groups excluding tert-OH is 1. The third-order valence-corrected chi connectivity index (χ3v) is 10.1. The summed E-state index contributed by atoms with van der Waals surface area (Å²) in [6.07, 6.45) is 10.3. The summed E-state index contributed by atoms with van der Waals surface area (Å²) in [7, 11) is 3.17. The van der Waals surface area contributed by atoms with Crippen molar-refractivity contribution < 1.29 is 19.4 Å². The minimum absolute atomic E-state index is 0.123. The van der Waals surface area contributed by atoms with Crippen LogP contribution in [-0.4, -0.2) is 63.9 Å². The van der Waals surface area contributed by atoms with Gasteiger partial charge in [-0.2, -0.15) is 0 Å². The van der Waals surface area contributed by atoms with E-state index in [2.05, 4.69) is 20.6 Å². The molecule has 1 saturated heterocycles. The Morgan fingerprint density at radius 3 is 2.04 bits per heavy atom. The molecule has 2 aliphatic rings. The third kappa shape index (κ3) is 7.57. The summed E-state index contributed by atoms with van der Waals surface area (Å²) < 4.78 is 11.2. The highest BCUT2D eigenvalue weighted by atomic mass is 35.5. The molecule has 1 amide bonds. The summed E-state index contributed by atoms with van der Waals surface area (Å²) in [5.41, 5.74) is 5.52. The molecule has 1 saturated carbocycles.